The van der Waals surface area contributed by atoms with Crippen LogP contribution < -0.4 is 5.32 Å². The summed E-state index contributed by atoms with van der Waals surface area (Å²) in [7, 11) is 0. The summed E-state index contributed by atoms with van der Waals surface area (Å²) in [6.07, 6.45) is 3.64. The van der Waals surface area contributed by atoms with Crippen molar-refractivity contribution in [1.82, 2.24) is 15.2 Å². The van der Waals surface area contributed by atoms with Crippen LogP contribution in [-0.2, 0) is 6.54 Å². The lowest BCUT2D eigenvalue weighted by Gasteiger charge is -2.37. The monoisotopic (exact) mass is 291 g/mol. The minimum absolute atomic E-state index is 0.00265. The second-order valence-corrected chi connectivity index (χ2v) is 6.20. The molecule has 2 N–H and O–H groups in total. The molecular formula is C15H21N3O3. The third-order valence-electron chi connectivity index (χ3n) is 3.68. The van der Waals surface area contributed by atoms with E-state index in [0.29, 0.717) is 6.54 Å². The van der Waals surface area contributed by atoms with Crippen LogP contribution in [0.2, 0.25) is 0 Å². The molecule has 0 aliphatic carbocycles. The van der Waals surface area contributed by atoms with Gasteiger partial charge >= 0.3 is 12.0 Å². The Bertz CT molecular complexity index is 525. The fraction of sp³-hybridized carbons (Fsp3) is 0.533. The first-order valence-electron chi connectivity index (χ1n) is 7.08. The average molecular weight is 291 g/mol. The van der Waals surface area contributed by atoms with Crippen LogP contribution in [0, 0.1) is 5.41 Å². The van der Waals surface area contributed by atoms with Crippen molar-refractivity contribution in [1.29, 1.82) is 0 Å². The molecule has 0 unspecified atom stereocenters. The molecule has 6 nitrogen and oxygen atoms in total. The quantitative estimate of drug-likeness (QED) is 0.893. The van der Waals surface area contributed by atoms with Gasteiger partial charge in [-0.15, -0.1) is 0 Å². The zero-order valence-electron chi connectivity index (χ0n) is 12.4. The molecule has 1 aliphatic rings. The Morgan fingerprint density at radius 3 is 2.76 bits per heavy atom. The molecule has 2 heterocycles. The minimum Gasteiger partial charge on any atom is -0.477 e. The standard InChI is InChI=1S/C15H21N3O3/c1-15(2)6-3-7-18(10-15)14(21)17-9-11-4-5-12(13(19)20)16-8-11/h4-5,8H,3,6-7,9-10H2,1-2H3,(H,17,21)(H,19,20). The molecule has 21 heavy (non-hydrogen) atoms. The van der Waals surface area contributed by atoms with E-state index in [-0.39, 0.29) is 17.1 Å². The van der Waals surface area contributed by atoms with Gasteiger partial charge in [0.15, 0.2) is 0 Å². The number of nitrogens with one attached hydrogen (secondary N) is 1. The summed E-state index contributed by atoms with van der Waals surface area (Å²) in [6.45, 7) is 6.23. The molecule has 1 aliphatic heterocycles. The van der Waals surface area contributed by atoms with Crippen molar-refractivity contribution in [3.05, 3.63) is 29.6 Å². The third-order valence-corrected chi connectivity index (χ3v) is 3.68. The van der Waals surface area contributed by atoms with Crippen molar-refractivity contribution in [2.45, 2.75) is 33.2 Å². The van der Waals surface area contributed by atoms with Crippen molar-refractivity contribution in [3.63, 3.8) is 0 Å². The number of hydrogen-bond donors (Lipinski definition) is 2. The molecule has 2 amide bonds. The second-order valence-electron chi connectivity index (χ2n) is 6.20. The van der Waals surface area contributed by atoms with Crippen LogP contribution in [0.5, 0.6) is 0 Å². The van der Waals surface area contributed by atoms with E-state index in [1.807, 2.05) is 4.90 Å². The number of piperidine rings is 1. The average Bonchev–Trinajstić information content (AvgIpc) is 2.44. The predicted octanol–water partition coefficient (Wildman–Crippen LogP) is 2.11. The molecule has 0 radical (unpaired) electrons. The van der Waals surface area contributed by atoms with E-state index in [1.54, 1.807) is 6.07 Å². The fourth-order valence-electron chi connectivity index (χ4n) is 2.54. The fourth-order valence-corrected chi connectivity index (χ4v) is 2.54. The van der Waals surface area contributed by atoms with Gasteiger partial charge in [-0.05, 0) is 29.9 Å². The first kappa shape index (κ1) is 15.3. The zero-order valence-corrected chi connectivity index (χ0v) is 12.4. The van der Waals surface area contributed by atoms with E-state index in [2.05, 4.69) is 24.1 Å². The molecule has 114 valence electrons. The minimum atomic E-state index is -1.05. The number of likely N-dealkylation sites (tertiary alicyclic amines) is 1. The summed E-state index contributed by atoms with van der Waals surface area (Å²) in [5, 5.41) is 11.6. The Hall–Kier alpha value is -2.11. The smallest absolute Gasteiger partial charge is 0.354 e. The van der Waals surface area contributed by atoms with Crippen molar-refractivity contribution in [2.24, 2.45) is 5.41 Å². The number of pyridine rings is 1. The molecule has 1 saturated heterocycles. The molecule has 1 aromatic heterocycles. The molecule has 1 fully saturated rings. The SMILES string of the molecule is CC1(C)CCCN(C(=O)NCc2ccc(C(=O)O)nc2)C1. The number of aromatic carboxylic acids is 1. The maximum atomic E-state index is 12.1. The third kappa shape index (κ3) is 4.18. The van der Waals surface area contributed by atoms with Crippen molar-refractivity contribution in [2.75, 3.05) is 13.1 Å². The van der Waals surface area contributed by atoms with E-state index in [4.69, 9.17) is 5.11 Å². The Balaban J connectivity index is 1.87. The Kier molecular flexibility index (Phi) is 4.45. The summed E-state index contributed by atoms with van der Waals surface area (Å²) in [4.78, 5) is 28.5. The number of hydrogen-bond acceptors (Lipinski definition) is 3. The van der Waals surface area contributed by atoms with Gasteiger partial charge in [-0.1, -0.05) is 19.9 Å². The lowest BCUT2D eigenvalue weighted by molar-refractivity contribution is 0.0690. The highest BCUT2D eigenvalue weighted by molar-refractivity contribution is 5.85. The van der Waals surface area contributed by atoms with Crippen LogP contribution in [0.4, 0.5) is 4.79 Å². The van der Waals surface area contributed by atoms with E-state index >= 15 is 0 Å². The van der Waals surface area contributed by atoms with Crippen molar-refractivity contribution in [3.8, 4) is 0 Å². The molecule has 0 aromatic carbocycles. The van der Waals surface area contributed by atoms with Gasteiger partial charge < -0.3 is 15.3 Å². The number of amides is 2. The van der Waals surface area contributed by atoms with E-state index in [0.717, 1.165) is 31.5 Å². The van der Waals surface area contributed by atoms with Crippen LogP contribution in [0.15, 0.2) is 18.3 Å². The van der Waals surface area contributed by atoms with Gasteiger partial charge in [-0.3, -0.25) is 0 Å². The molecule has 0 bridgehead atoms. The lowest BCUT2D eigenvalue weighted by atomic mass is 9.84. The zero-order chi connectivity index (χ0) is 15.5. The molecule has 0 saturated carbocycles. The van der Waals surface area contributed by atoms with Gasteiger partial charge in [-0.2, -0.15) is 0 Å². The number of carboxylic acid groups (broad SMARTS) is 1. The van der Waals surface area contributed by atoms with Gasteiger partial charge in [-0.25, -0.2) is 14.6 Å². The van der Waals surface area contributed by atoms with Crippen LogP contribution in [0.25, 0.3) is 0 Å². The highest BCUT2D eigenvalue weighted by Crippen LogP contribution is 2.28. The van der Waals surface area contributed by atoms with Crippen molar-refractivity contribution < 1.29 is 14.7 Å². The van der Waals surface area contributed by atoms with E-state index in [1.165, 1.54) is 12.3 Å². The van der Waals surface area contributed by atoms with Crippen LogP contribution >= 0.6 is 0 Å². The summed E-state index contributed by atoms with van der Waals surface area (Å²) in [5.41, 5.74) is 0.952. The maximum Gasteiger partial charge on any atom is 0.354 e. The number of rotatable bonds is 3. The molecule has 2 rings (SSSR count). The number of carbonyl (C=O) groups excluding carboxylic acids is 1. The highest BCUT2D eigenvalue weighted by atomic mass is 16.4. The van der Waals surface area contributed by atoms with E-state index < -0.39 is 5.97 Å². The summed E-state index contributed by atoms with van der Waals surface area (Å²) < 4.78 is 0. The maximum absolute atomic E-state index is 12.1. The lowest BCUT2D eigenvalue weighted by Crippen LogP contribution is -2.47. The number of aromatic nitrogens is 1. The number of urea groups is 1. The Morgan fingerprint density at radius 2 is 2.19 bits per heavy atom. The van der Waals surface area contributed by atoms with Gasteiger partial charge in [0, 0.05) is 25.8 Å². The summed E-state index contributed by atoms with van der Waals surface area (Å²) in [5.74, 6) is -1.05. The second kappa shape index (κ2) is 6.11. The molecular weight excluding hydrogens is 270 g/mol. The van der Waals surface area contributed by atoms with Gasteiger partial charge in [0.25, 0.3) is 0 Å². The number of carbonyl (C=O) groups is 2. The van der Waals surface area contributed by atoms with Gasteiger partial charge in [0.05, 0.1) is 0 Å². The van der Waals surface area contributed by atoms with Gasteiger partial charge in [0.1, 0.15) is 5.69 Å². The van der Waals surface area contributed by atoms with E-state index in [9.17, 15) is 9.59 Å². The molecule has 6 heteroatoms. The van der Waals surface area contributed by atoms with Gasteiger partial charge in [0.2, 0.25) is 0 Å². The summed E-state index contributed by atoms with van der Waals surface area (Å²) >= 11 is 0. The molecule has 1 aromatic rings. The Labute approximate surface area is 124 Å². The normalized spacial score (nSPS) is 17.3. The highest BCUT2D eigenvalue weighted by Gasteiger charge is 2.28. The predicted molar refractivity (Wildman–Crippen MR) is 78.0 cm³/mol. The summed E-state index contributed by atoms with van der Waals surface area (Å²) in [6, 6.07) is 3.02. The Morgan fingerprint density at radius 1 is 1.43 bits per heavy atom. The number of carboxylic acids is 1. The van der Waals surface area contributed by atoms with Crippen LogP contribution in [-0.4, -0.2) is 40.1 Å². The molecule has 0 spiro atoms. The van der Waals surface area contributed by atoms with Crippen molar-refractivity contribution >= 4 is 12.0 Å². The number of nitrogens with zero attached hydrogens (tertiary/aromatic N) is 2. The van der Waals surface area contributed by atoms with Crippen LogP contribution in [0.1, 0.15) is 42.7 Å². The largest absolute Gasteiger partial charge is 0.477 e. The topological polar surface area (TPSA) is 82.5 Å². The first-order chi connectivity index (χ1) is 9.87. The van der Waals surface area contributed by atoms with Crippen LogP contribution in [0.3, 0.4) is 0 Å². The first-order valence-corrected chi connectivity index (χ1v) is 7.08. The molecule has 0 atom stereocenters.